The maximum absolute atomic E-state index is 12.5. The van der Waals surface area contributed by atoms with Crippen molar-refractivity contribution >= 4 is 15.7 Å². The fourth-order valence-corrected chi connectivity index (χ4v) is 4.65. The lowest BCUT2D eigenvalue weighted by Gasteiger charge is -2.27. The SMILES string of the molecule is CCN(C(=O)Cc1cc(C)ccc1C)C1CCS(=O)(=O)C1. The van der Waals surface area contributed by atoms with Gasteiger partial charge in [0, 0.05) is 12.6 Å². The van der Waals surface area contributed by atoms with Gasteiger partial charge in [0.2, 0.25) is 5.91 Å². The molecule has 0 aliphatic carbocycles. The van der Waals surface area contributed by atoms with Crippen molar-refractivity contribution in [3.63, 3.8) is 0 Å². The minimum atomic E-state index is -2.97. The molecule has 4 nitrogen and oxygen atoms in total. The molecule has 1 atom stereocenters. The minimum Gasteiger partial charge on any atom is -0.339 e. The lowest BCUT2D eigenvalue weighted by Crippen LogP contribution is -2.41. The topological polar surface area (TPSA) is 54.5 Å². The van der Waals surface area contributed by atoms with E-state index in [1.165, 1.54) is 0 Å². The van der Waals surface area contributed by atoms with Crippen LogP contribution in [0.3, 0.4) is 0 Å². The second-order valence-electron chi connectivity index (χ2n) is 5.84. The molecule has 0 spiro atoms. The second kappa shape index (κ2) is 6.18. The highest BCUT2D eigenvalue weighted by Gasteiger charge is 2.33. The highest BCUT2D eigenvalue weighted by Crippen LogP contribution is 2.20. The van der Waals surface area contributed by atoms with Gasteiger partial charge in [-0.1, -0.05) is 23.8 Å². The Morgan fingerprint density at radius 2 is 2.05 bits per heavy atom. The fourth-order valence-electron chi connectivity index (χ4n) is 2.91. The minimum absolute atomic E-state index is 0.0216. The van der Waals surface area contributed by atoms with Crippen LogP contribution in [0.1, 0.15) is 30.0 Å². The Morgan fingerprint density at radius 3 is 2.62 bits per heavy atom. The third kappa shape index (κ3) is 3.84. The van der Waals surface area contributed by atoms with Crippen LogP contribution in [0.25, 0.3) is 0 Å². The van der Waals surface area contributed by atoms with Gasteiger partial charge in [-0.25, -0.2) is 8.42 Å². The van der Waals surface area contributed by atoms with Crippen LogP contribution in [-0.2, 0) is 21.1 Å². The van der Waals surface area contributed by atoms with Crippen LogP contribution < -0.4 is 0 Å². The van der Waals surface area contributed by atoms with Gasteiger partial charge in [0.25, 0.3) is 0 Å². The summed E-state index contributed by atoms with van der Waals surface area (Å²) in [5.41, 5.74) is 3.26. The number of benzene rings is 1. The van der Waals surface area contributed by atoms with Crippen molar-refractivity contribution in [2.45, 2.75) is 39.7 Å². The van der Waals surface area contributed by atoms with Gasteiger partial charge in [-0.2, -0.15) is 0 Å². The molecule has 1 fully saturated rings. The zero-order valence-corrected chi connectivity index (χ0v) is 13.7. The molecule has 0 bridgehead atoms. The van der Waals surface area contributed by atoms with Gasteiger partial charge in [-0.05, 0) is 38.3 Å². The van der Waals surface area contributed by atoms with Crippen molar-refractivity contribution in [3.8, 4) is 0 Å². The predicted octanol–water partition coefficient (Wildman–Crippen LogP) is 1.88. The Kier molecular flexibility index (Phi) is 4.71. The zero-order valence-electron chi connectivity index (χ0n) is 12.9. The van der Waals surface area contributed by atoms with Crippen LogP contribution in [-0.4, -0.2) is 43.3 Å². The molecule has 1 aromatic carbocycles. The van der Waals surface area contributed by atoms with E-state index in [9.17, 15) is 13.2 Å². The van der Waals surface area contributed by atoms with Gasteiger partial charge < -0.3 is 4.90 Å². The largest absolute Gasteiger partial charge is 0.339 e. The van der Waals surface area contributed by atoms with E-state index in [0.29, 0.717) is 19.4 Å². The predicted molar refractivity (Wildman–Crippen MR) is 84.1 cm³/mol. The quantitative estimate of drug-likeness (QED) is 0.853. The van der Waals surface area contributed by atoms with Crippen molar-refractivity contribution in [2.75, 3.05) is 18.1 Å². The normalized spacial score (nSPS) is 20.4. The number of likely N-dealkylation sites (N-methyl/N-ethyl adjacent to an activating group) is 1. The van der Waals surface area contributed by atoms with Gasteiger partial charge in [0.15, 0.2) is 9.84 Å². The molecule has 0 radical (unpaired) electrons. The number of nitrogens with zero attached hydrogens (tertiary/aromatic N) is 1. The molecule has 1 aromatic rings. The van der Waals surface area contributed by atoms with E-state index in [-0.39, 0.29) is 23.5 Å². The molecule has 2 rings (SSSR count). The first kappa shape index (κ1) is 16.0. The van der Waals surface area contributed by atoms with Crippen molar-refractivity contribution < 1.29 is 13.2 Å². The van der Waals surface area contributed by atoms with Crippen LogP contribution in [0, 0.1) is 13.8 Å². The first-order valence-electron chi connectivity index (χ1n) is 7.38. The summed E-state index contributed by atoms with van der Waals surface area (Å²) in [6, 6.07) is 5.93. The van der Waals surface area contributed by atoms with E-state index < -0.39 is 9.84 Å². The lowest BCUT2D eigenvalue weighted by atomic mass is 10.0. The fraction of sp³-hybridized carbons (Fsp3) is 0.562. The standard InChI is InChI=1S/C16H23NO3S/c1-4-17(15-7-8-21(19,20)11-15)16(18)10-14-9-12(2)5-6-13(14)3/h5-6,9,15H,4,7-8,10-11H2,1-3H3. The number of amides is 1. The number of carbonyl (C=O) groups excluding carboxylic acids is 1. The van der Waals surface area contributed by atoms with Crippen molar-refractivity contribution in [1.29, 1.82) is 0 Å². The molecular formula is C16H23NO3S. The number of hydrogen-bond acceptors (Lipinski definition) is 3. The van der Waals surface area contributed by atoms with Crippen LogP contribution in [0.15, 0.2) is 18.2 Å². The monoisotopic (exact) mass is 309 g/mol. The van der Waals surface area contributed by atoms with Crippen LogP contribution in [0.5, 0.6) is 0 Å². The van der Waals surface area contributed by atoms with Crippen molar-refractivity contribution in [1.82, 2.24) is 4.90 Å². The molecule has 1 aliphatic heterocycles. The third-order valence-corrected chi connectivity index (χ3v) is 5.91. The second-order valence-corrected chi connectivity index (χ2v) is 8.07. The van der Waals surface area contributed by atoms with Crippen LogP contribution >= 0.6 is 0 Å². The summed E-state index contributed by atoms with van der Waals surface area (Å²) < 4.78 is 23.2. The summed E-state index contributed by atoms with van der Waals surface area (Å²) in [6.07, 6.45) is 0.909. The summed E-state index contributed by atoms with van der Waals surface area (Å²) in [5.74, 6) is 0.331. The first-order chi connectivity index (χ1) is 9.82. The van der Waals surface area contributed by atoms with Gasteiger partial charge >= 0.3 is 0 Å². The van der Waals surface area contributed by atoms with E-state index in [4.69, 9.17) is 0 Å². The Balaban J connectivity index is 2.12. The van der Waals surface area contributed by atoms with Crippen molar-refractivity contribution in [2.24, 2.45) is 0 Å². The molecule has 21 heavy (non-hydrogen) atoms. The maximum Gasteiger partial charge on any atom is 0.227 e. The Bertz CT molecular complexity index is 637. The molecule has 1 aliphatic rings. The number of carbonyl (C=O) groups is 1. The third-order valence-electron chi connectivity index (χ3n) is 4.16. The van der Waals surface area contributed by atoms with E-state index in [1.807, 2.05) is 39.0 Å². The number of sulfone groups is 1. The Morgan fingerprint density at radius 1 is 1.33 bits per heavy atom. The molecule has 0 N–H and O–H groups in total. The molecule has 0 saturated carbocycles. The van der Waals surface area contributed by atoms with Gasteiger partial charge in [-0.15, -0.1) is 0 Å². The number of rotatable bonds is 4. The Labute approximate surface area is 127 Å². The molecule has 1 heterocycles. The highest BCUT2D eigenvalue weighted by atomic mass is 32.2. The van der Waals surface area contributed by atoms with Crippen molar-refractivity contribution in [3.05, 3.63) is 34.9 Å². The molecule has 1 unspecified atom stereocenters. The summed E-state index contributed by atoms with van der Waals surface area (Å²) in [7, 11) is -2.97. The number of aryl methyl sites for hydroxylation is 2. The Hall–Kier alpha value is -1.36. The highest BCUT2D eigenvalue weighted by molar-refractivity contribution is 7.91. The van der Waals surface area contributed by atoms with E-state index in [1.54, 1.807) is 4.90 Å². The molecule has 1 amide bonds. The molecular weight excluding hydrogens is 286 g/mol. The maximum atomic E-state index is 12.5. The summed E-state index contributed by atoms with van der Waals surface area (Å²) in [5, 5.41) is 0. The lowest BCUT2D eigenvalue weighted by molar-refractivity contribution is -0.132. The summed E-state index contributed by atoms with van der Waals surface area (Å²) in [6.45, 7) is 6.47. The molecule has 1 saturated heterocycles. The van der Waals surface area contributed by atoms with Gasteiger partial charge in [-0.3, -0.25) is 4.79 Å². The van der Waals surface area contributed by atoms with Gasteiger partial charge in [0.1, 0.15) is 0 Å². The average molecular weight is 309 g/mol. The summed E-state index contributed by atoms with van der Waals surface area (Å²) in [4.78, 5) is 14.3. The average Bonchev–Trinajstić information content (AvgIpc) is 2.75. The first-order valence-corrected chi connectivity index (χ1v) is 9.20. The van der Waals surface area contributed by atoms with Crippen LogP contribution in [0.4, 0.5) is 0 Å². The van der Waals surface area contributed by atoms with E-state index in [0.717, 1.165) is 16.7 Å². The molecule has 5 heteroatoms. The van der Waals surface area contributed by atoms with Gasteiger partial charge in [0.05, 0.1) is 17.9 Å². The number of hydrogen-bond donors (Lipinski definition) is 0. The van der Waals surface area contributed by atoms with Crippen LogP contribution in [0.2, 0.25) is 0 Å². The molecule has 116 valence electrons. The zero-order chi connectivity index (χ0) is 15.6. The van der Waals surface area contributed by atoms with E-state index >= 15 is 0 Å². The summed E-state index contributed by atoms with van der Waals surface area (Å²) >= 11 is 0. The van der Waals surface area contributed by atoms with E-state index in [2.05, 4.69) is 0 Å². The molecule has 0 aromatic heterocycles. The smallest absolute Gasteiger partial charge is 0.227 e.